The zero-order chi connectivity index (χ0) is 20.0. The van der Waals surface area contributed by atoms with Crippen molar-refractivity contribution in [1.29, 1.82) is 0 Å². The first-order valence-corrected chi connectivity index (χ1v) is 11.2. The molecule has 0 saturated carbocycles. The summed E-state index contributed by atoms with van der Waals surface area (Å²) in [6, 6.07) is 7.69. The van der Waals surface area contributed by atoms with E-state index in [2.05, 4.69) is 31.3 Å². The van der Waals surface area contributed by atoms with Crippen molar-refractivity contribution in [3.63, 3.8) is 0 Å². The highest BCUT2D eigenvalue weighted by atomic mass is 79.9. The number of halogens is 1. The lowest BCUT2D eigenvalue weighted by Crippen LogP contribution is -2.45. The Balaban J connectivity index is 1.79. The molecule has 2 rings (SSSR count). The van der Waals surface area contributed by atoms with Gasteiger partial charge in [-0.1, -0.05) is 28.1 Å². The summed E-state index contributed by atoms with van der Waals surface area (Å²) in [6.45, 7) is 3.43. The lowest BCUT2D eigenvalue weighted by atomic mass is 10.2. The molecule has 1 aromatic carbocycles. The monoisotopic (exact) mass is 473 g/mol. The SMILES string of the molecule is Cc1ccc(Br)cc1NC(=O)CCNC(=O)C(C)NS(=O)(=O)c1cccs1. The average molecular weight is 474 g/mol. The van der Waals surface area contributed by atoms with Gasteiger partial charge in [-0.05, 0) is 43.0 Å². The van der Waals surface area contributed by atoms with E-state index in [1.165, 1.54) is 13.0 Å². The quantitative estimate of drug-likeness (QED) is 0.547. The van der Waals surface area contributed by atoms with Crippen LogP contribution in [0.15, 0.2) is 44.4 Å². The molecule has 1 heterocycles. The van der Waals surface area contributed by atoms with Gasteiger partial charge in [-0.15, -0.1) is 11.3 Å². The number of carbonyl (C=O) groups is 2. The molecular weight excluding hydrogens is 454 g/mol. The molecule has 0 aliphatic heterocycles. The van der Waals surface area contributed by atoms with Crippen LogP contribution in [0.4, 0.5) is 5.69 Å². The molecule has 0 bridgehead atoms. The molecule has 146 valence electrons. The molecule has 27 heavy (non-hydrogen) atoms. The van der Waals surface area contributed by atoms with Crippen molar-refractivity contribution >= 4 is 54.8 Å². The Labute approximate surface area is 170 Å². The Hall–Kier alpha value is -1.75. The fourth-order valence-corrected chi connectivity index (χ4v) is 4.73. The third kappa shape index (κ3) is 6.42. The summed E-state index contributed by atoms with van der Waals surface area (Å²) < 4.78 is 27.5. The molecule has 0 aliphatic carbocycles. The van der Waals surface area contributed by atoms with Gasteiger partial charge in [0, 0.05) is 23.1 Å². The van der Waals surface area contributed by atoms with Crippen molar-refractivity contribution in [2.24, 2.45) is 0 Å². The van der Waals surface area contributed by atoms with Gasteiger partial charge < -0.3 is 10.6 Å². The summed E-state index contributed by atoms with van der Waals surface area (Å²) in [5, 5.41) is 6.98. The van der Waals surface area contributed by atoms with Gasteiger partial charge in [0.1, 0.15) is 4.21 Å². The summed E-state index contributed by atoms with van der Waals surface area (Å²) in [7, 11) is -3.73. The van der Waals surface area contributed by atoms with Gasteiger partial charge in [0.05, 0.1) is 6.04 Å². The standard InChI is InChI=1S/C17H20BrN3O4S2/c1-11-5-6-13(18)10-14(11)20-15(22)7-8-19-17(23)12(2)21-27(24,25)16-4-3-9-26-16/h3-6,9-10,12,21H,7-8H2,1-2H3,(H,19,23)(H,20,22). The minimum Gasteiger partial charge on any atom is -0.354 e. The fourth-order valence-electron chi connectivity index (χ4n) is 2.15. The molecule has 7 nitrogen and oxygen atoms in total. The van der Waals surface area contributed by atoms with Crippen LogP contribution in [-0.2, 0) is 19.6 Å². The Morgan fingerprint density at radius 2 is 2.00 bits per heavy atom. The van der Waals surface area contributed by atoms with Crippen molar-refractivity contribution in [3.05, 3.63) is 45.7 Å². The van der Waals surface area contributed by atoms with E-state index < -0.39 is 22.0 Å². The normalized spacial score (nSPS) is 12.4. The van der Waals surface area contributed by atoms with E-state index in [0.29, 0.717) is 5.69 Å². The number of anilines is 1. The number of aryl methyl sites for hydroxylation is 1. The van der Waals surface area contributed by atoms with Crippen LogP contribution in [0.5, 0.6) is 0 Å². The van der Waals surface area contributed by atoms with Crippen LogP contribution >= 0.6 is 27.3 Å². The van der Waals surface area contributed by atoms with E-state index in [-0.39, 0.29) is 23.1 Å². The first-order chi connectivity index (χ1) is 12.7. The number of hydrogen-bond donors (Lipinski definition) is 3. The predicted octanol–water partition coefficient (Wildman–Crippen LogP) is 2.63. The molecule has 0 spiro atoms. The lowest BCUT2D eigenvalue weighted by molar-refractivity contribution is -0.122. The van der Waals surface area contributed by atoms with Crippen LogP contribution in [0.25, 0.3) is 0 Å². The number of amides is 2. The fraction of sp³-hybridized carbons (Fsp3) is 0.294. The predicted molar refractivity (Wildman–Crippen MR) is 109 cm³/mol. The maximum absolute atomic E-state index is 12.1. The van der Waals surface area contributed by atoms with Gasteiger partial charge in [-0.25, -0.2) is 8.42 Å². The molecule has 1 atom stereocenters. The largest absolute Gasteiger partial charge is 0.354 e. The summed E-state index contributed by atoms with van der Waals surface area (Å²) in [5.74, 6) is -0.745. The van der Waals surface area contributed by atoms with E-state index in [4.69, 9.17) is 0 Å². The minimum absolute atomic E-state index is 0.0715. The van der Waals surface area contributed by atoms with Gasteiger partial charge in [-0.3, -0.25) is 9.59 Å². The van der Waals surface area contributed by atoms with Crippen LogP contribution in [0.1, 0.15) is 18.9 Å². The number of sulfonamides is 1. The van der Waals surface area contributed by atoms with Crippen LogP contribution in [-0.4, -0.2) is 32.8 Å². The van der Waals surface area contributed by atoms with E-state index >= 15 is 0 Å². The van der Waals surface area contributed by atoms with E-state index in [9.17, 15) is 18.0 Å². The highest BCUT2D eigenvalue weighted by Crippen LogP contribution is 2.20. The number of nitrogens with one attached hydrogen (secondary N) is 3. The summed E-state index contributed by atoms with van der Waals surface area (Å²) in [4.78, 5) is 24.1. The third-order valence-corrected chi connectivity index (χ3v) is 7.04. The van der Waals surface area contributed by atoms with Gasteiger partial charge in [-0.2, -0.15) is 4.72 Å². The van der Waals surface area contributed by atoms with Gasteiger partial charge in [0.25, 0.3) is 10.0 Å². The summed E-state index contributed by atoms with van der Waals surface area (Å²) in [6.07, 6.45) is 0.0715. The molecule has 3 N–H and O–H groups in total. The van der Waals surface area contributed by atoms with Crippen LogP contribution in [0.2, 0.25) is 0 Å². The zero-order valence-electron chi connectivity index (χ0n) is 14.8. The van der Waals surface area contributed by atoms with Gasteiger partial charge in [0.2, 0.25) is 11.8 Å². The second-order valence-electron chi connectivity index (χ2n) is 5.82. The van der Waals surface area contributed by atoms with Crippen molar-refractivity contribution < 1.29 is 18.0 Å². The topological polar surface area (TPSA) is 104 Å². The number of rotatable bonds is 8. The molecule has 1 unspecified atom stereocenters. The smallest absolute Gasteiger partial charge is 0.250 e. The molecule has 0 aliphatic rings. The van der Waals surface area contributed by atoms with E-state index in [1.54, 1.807) is 17.5 Å². The first kappa shape index (κ1) is 21.5. The zero-order valence-corrected chi connectivity index (χ0v) is 18.0. The summed E-state index contributed by atoms with van der Waals surface area (Å²) >= 11 is 4.42. The highest BCUT2D eigenvalue weighted by molar-refractivity contribution is 9.10. The summed E-state index contributed by atoms with van der Waals surface area (Å²) in [5.41, 5.74) is 1.62. The molecule has 2 amide bonds. The van der Waals surface area contributed by atoms with Crippen LogP contribution in [0, 0.1) is 6.92 Å². The maximum Gasteiger partial charge on any atom is 0.250 e. The van der Waals surface area contributed by atoms with Crippen molar-refractivity contribution in [1.82, 2.24) is 10.0 Å². The number of thiophene rings is 1. The van der Waals surface area contributed by atoms with E-state index in [1.807, 2.05) is 19.1 Å². The molecule has 0 radical (unpaired) electrons. The van der Waals surface area contributed by atoms with Gasteiger partial charge in [0.15, 0.2) is 0 Å². The molecular formula is C17H20BrN3O4S2. The Morgan fingerprint density at radius 3 is 2.67 bits per heavy atom. The lowest BCUT2D eigenvalue weighted by Gasteiger charge is -2.14. The van der Waals surface area contributed by atoms with Crippen LogP contribution in [0.3, 0.4) is 0 Å². The molecule has 0 saturated heterocycles. The van der Waals surface area contributed by atoms with Crippen molar-refractivity contribution in [3.8, 4) is 0 Å². The second-order valence-corrected chi connectivity index (χ2v) is 9.63. The minimum atomic E-state index is -3.73. The first-order valence-electron chi connectivity index (χ1n) is 8.08. The number of benzene rings is 1. The Morgan fingerprint density at radius 1 is 1.26 bits per heavy atom. The van der Waals surface area contributed by atoms with Crippen molar-refractivity contribution in [2.45, 2.75) is 30.5 Å². The Kier molecular flexibility index (Phi) is 7.54. The molecule has 1 aromatic heterocycles. The molecule has 0 fully saturated rings. The maximum atomic E-state index is 12.1. The van der Waals surface area contributed by atoms with Crippen LogP contribution < -0.4 is 15.4 Å². The third-order valence-electron chi connectivity index (χ3n) is 3.61. The number of carbonyl (C=O) groups excluding carboxylic acids is 2. The van der Waals surface area contributed by atoms with E-state index in [0.717, 1.165) is 21.4 Å². The highest BCUT2D eigenvalue weighted by Gasteiger charge is 2.22. The second kappa shape index (κ2) is 9.45. The van der Waals surface area contributed by atoms with Crippen molar-refractivity contribution in [2.75, 3.05) is 11.9 Å². The molecule has 10 heteroatoms. The van der Waals surface area contributed by atoms with Gasteiger partial charge >= 0.3 is 0 Å². The average Bonchev–Trinajstić information content (AvgIpc) is 3.13. The molecule has 2 aromatic rings. The number of hydrogen-bond acceptors (Lipinski definition) is 5. The Bertz CT molecular complexity index is 914.